The standard InChI is InChI=1S/C7H15NO/c1-3-4-5-8-7(2)6-9/h6-8H,3-5H2,1-2H3/t7-/m0/s1. The average molecular weight is 129 g/mol. The number of aldehydes is 1. The van der Waals surface area contributed by atoms with E-state index in [1.54, 1.807) is 0 Å². The molecule has 1 atom stereocenters. The number of hydrogen-bond acceptors (Lipinski definition) is 2. The Morgan fingerprint density at radius 2 is 2.33 bits per heavy atom. The lowest BCUT2D eigenvalue weighted by Gasteiger charge is -2.03. The molecule has 0 unspecified atom stereocenters. The molecule has 0 aromatic carbocycles. The summed E-state index contributed by atoms with van der Waals surface area (Å²) in [6, 6.07) is 0.0246. The van der Waals surface area contributed by atoms with Crippen LogP contribution in [0.4, 0.5) is 0 Å². The summed E-state index contributed by atoms with van der Waals surface area (Å²) in [5, 5.41) is 3.07. The largest absolute Gasteiger partial charge is 0.308 e. The highest BCUT2D eigenvalue weighted by atomic mass is 16.1. The Morgan fingerprint density at radius 3 is 2.78 bits per heavy atom. The van der Waals surface area contributed by atoms with Crippen molar-refractivity contribution < 1.29 is 4.79 Å². The van der Waals surface area contributed by atoms with Gasteiger partial charge < -0.3 is 10.1 Å². The lowest BCUT2D eigenvalue weighted by molar-refractivity contribution is -0.109. The van der Waals surface area contributed by atoms with Crippen LogP contribution in [-0.2, 0) is 4.79 Å². The Bertz CT molecular complexity index is 73.3. The maximum Gasteiger partial charge on any atom is 0.136 e. The second-order valence-corrected chi connectivity index (χ2v) is 2.23. The van der Waals surface area contributed by atoms with Crippen LogP contribution in [0.5, 0.6) is 0 Å². The van der Waals surface area contributed by atoms with Gasteiger partial charge in [-0.3, -0.25) is 0 Å². The maximum atomic E-state index is 10.0. The highest BCUT2D eigenvalue weighted by Crippen LogP contribution is 1.83. The van der Waals surface area contributed by atoms with Gasteiger partial charge in [-0.15, -0.1) is 0 Å². The quantitative estimate of drug-likeness (QED) is 0.442. The van der Waals surface area contributed by atoms with Crippen molar-refractivity contribution >= 4 is 6.29 Å². The Kier molecular flexibility index (Phi) is 5.52. The Balaban J connectivity index is 2.96. The van der Waals surface area contributed by atoms with Crippen molar-refractivity contribution in [2.24, 2.45) is 0 Å². The molecule has 0 aliphatic heterocycles. The van der Waals surface area contributed by atoms with Crippen LogP contribution in [0.15, 0.2) is 0 Å². The predicted molar refractivity (Wildman–Crippen MR) is 38.4 cm³/mol. The minimum atomic E-state index is 0.0246. The van der Waals surface area contributed by atoms with Crippen molar-refractivity contribution in [1.82, 2.24) is 5.32 Å². The maximum absolute atomic E-state index is 10.0. The summed E-state index contributed by atoms with van der Waals surface area (Å²) >= 11 is 0. The third kappa shape index (κ3) is 5.50. The molecule has 54 valence electrons. The summed E-state index contributed by atoms with van der Waals surface area (Å²) < 4.78 is 0. The smallest absolute Gasteiger partial charge is 0.136 e. The molecule has 0 fully saturated rings. The summed E-state index contributed by atoms with van der Waals surface area (Å²) in [5.41, 5.74) is 0. The highest BCUT2D eigenvalue weighted by Gasteiger charge is 1.93. The first-order chi connectivity index (χ1) is 4.31. The van der Waals surface area contributed by atoms with Gasteiger partial charge in [0.25, 0.3) is 0 Å². The van der Waals surface area contributed by atoms with Crippen LogP contribution in [0.25, 0.3) is 0 Å². The van der Waals surface area contributed by atoms with Gasteiger partial charge in [-0.25, -0.2) is 0 Å². The number of unbranched alkanes of at least 4 members (excludes halogenated alkanes) is 1. The van der Waals surface area contributed by atoms with Crippen molar-refractivity contribution in [3.63, 3.8) is 0 Å². The fourth-order valence-electron chi connectivity index (χ4n) is 0.555. The van der Waals surface area contributed by atoms with Gasteiger partial charge in [-0.05, 0) is 19.9 Å². The molecule has 0 amide bonds. The van der Waals surface area contributed by atoms with E-state index >= 15 is 0 Å². The molecule has 0 saturated carbocycles. The summed E-state index contributed by atoms with van der Waals surface area (Å²) in [6.07, 6.45) is 3.26. The van der Waals surface area contributed by atoms with E-state index in [0.717, 1.165) is 19.3 Å². The number of rotatable bonds is 5. The van der Waals surface area contributed by atoms with Crippen molar-refractivity contribution in [2.45, 2.75) is 32.7 Å². The monoisotopic (exact) mass is 129 g/mol. The van der Waals surface area contributed by atoms with Gasteiger partial charge in [-0.2, -0.15) is 0 Å². The zero-order valence-corrected chi connectivity index (χ0v) is 6.18. The van der Waals surface area contributed by atoms with Crippen LogP contribution in [-0.4, -0.2) is 18.9 Å². The normalized spacial score (nSPS) is 13.1. The molecule has 0 heterocycles. The molecule has 1 N–H and O–H groups in total. The zero-order chi connectivity index (χ0) is 7.11. The van der Waals surface area contributed by atoms with Crippen LogP contribution in [0.2, 0.25) is 0 Å². The molecule has 0 aliphatic rings. The first-order valence-corrected chi connectivity index (χ1v) is 3.50. The van der Waals surface area contributed by atoms with Gasteiger partial charge in [0.2, 0.25) is 0 Å². The molecule has 0 rings (SSSR count). The fourth-order valence-corrected chi connectivity index (χ4v) is 0.555. The molecule has 0 spiro atoms. The number of carbonyl (C=O) groups is 1. The lowest BCUT2D eigenvalue weighted by atomic mass is 10.3. The van der Waals surface area contributed by atoms with E-state index in [9.17, 15) is 4.79 Å². The Hall–Kier alpha value is -0.370. The first kappa shape index (κ1) is 8.63. The summed E-state index contributed by atoms with van der Waals surface area (Å²) in [4.78, 5) is 10.0. The third-order valence-corrected chi connectivity index (χ3v) is 1.20. The second kappa shape index (κ2) is 5.76. The van der Waals surface area contributed by atoms with E-state index in [2.05, 4.69) is 12.2 Å². The summed E-state index contributed by atoms with van der Waals surface area (Å²) in [7, 11) is 0. The van der Waals surface area contributed by atoms with Crippen molar-refractivity contribution in [3.05, 3.63) is 0 Å². The lowest BCUT2D eigenvalue weighted by Crippen LogP contribution is -2.27. The van der Waals surface area contributed by atoms with Crippen LogP contribution in [0, 0.1) is 0 Å². The van der Waals surface area contributed by atoms with Gasteiger partial charge in [-0.1, -0.05) is 13.3 Å². The Labute approximate surface area is 56.6 Å². The second-order valence-electron chi connectivity index (χ2n) is 2.23. The SMILES string of the molecule is CCCCN[C@@H](C)C=O. The van der Waals surface area contributed by atoms with E-state index in [1.165, 1.54) is 6.42 Å². The fraction of sp³-hybridized carbons (Fsp3) is 0.857. The van der Waals surface area contributed by atoms with Crippen molar-refractivity contribution in [1.29, 1.82) is 0 Å². The molecule has 9 heavy (non-hydrogen) atoms. The highest BCUT2D eigenvalue weighted by molar-refractivity contribution is 5.56. The van der Waals surface area contributed by atoms with E-state index in [0.29, 0.717) is 0 Å². The van der Waals surface area contributed by atoms with Crippen LogP contribution >= 0.6 is 0 Å². The van der Waals surface area contributed by atoms with Crippen molar-refractivity contribution in [3.8, 4) is 0 Å². The van der Waals surface area contributed by atoms with Crippen LogP contribution < -0.4 is 5.32 Å². The van der Waals surface area contributed by atoms with Gasteiger partial charge in [0, 0.05) is 0 Å². The zero-order valence-electron chi connectivity index (χ0n) is 6.18. The topological polar surface area (TPSA) is 29.1 Å². The molecule has 2 heteroatoms. The minimum Gasteiger partial charge on any atom is -0.308 e. The molecular formula is C7H15NO. The van der Waals surface area contributed by atoms with E-state index < -0.39 is 0 Å². The summed E-state index contributed by atoms with van der Waals surface area (Å²) in [6.45, 7) is 4.95. The van der Waals surface area contributed by atoms with E-state index in [1.807, 2.05) is 6.92 Å². The van der Waals surface area contributed by atoms with Crippen molar-refractivity contribution in [2.75, 3.05) is 6.54 Å². The minimum absolute atomic E-state index is 0.0246. The molecular weight excluding hydrogens is 114 g/mol. The molecule has 0 bridgehead atoms. The number of hydrogen-bond donors (Lipinski definition) is 1. The molecule has 2 nitrogen and oxygen atoms in total. The van der Waals surface area contributed by atoms with E-state index in [-0.39, 0.29) is 6.04 Å². The molecule has 0 saturated heterocycles. The molecule has 0 aromatic heterocycles. The number of carbonyl (C=O) groups excluding carboxylic acids is 1. The van der Waals surface area contributed by atoms with Gasteiger partial charge >= 0.3 is 0 Å². The van der Waals surface area contributed by atoms with Gasteiger partial charge in [0.05, 0.1) is 6.04 Å². The van der Waals surface area contributed by atoms with Crippen LogP contribution in [0.1, 0.15) is 26.7 Å². The van der Waals surface area contributed by atoms with Gasteiger partial charge in [0.1, 0.15) is 6.29 Å². The summed E-state index contributed by atoms with van der Waals surface area (Å²) in [5.74, 6) is 0. The third-order valence-electron chi connectivity index (χ3n) is 1.20. The van der Waals surface area contributed by atoms with Gasteiger partial charge in [0.15, 0.2) is 0 Å². The average Bonchev–Trinajstić information content (AvgIpc) is 1.89. The molecule has 0 aliphatic carbocycles. The molecule has 0 aromatic rings. The Morgan fingerprint density at radius 1 is 1.67 bits per heavy atom. The van der Waals surface area contributed by atoms with Crippen LogP contribution in [0.3, 0.4) is 0 Å². The first-order valence-electron chi connectivity index (χ1n) is 3.50. The number of nitrogens with one attached hydrogen (secondary N) is 1. The predicted octanol–water partition coefficient (Wildman–Crippen LogP) is 0.964. The van der Waals surface area contributed by atoms with E-state index in [4.69, 9.17) is 0 Å². The molecule has 0 radical (unpaired) electrons.